The van der Waals surface area contributed by atoms with E-state index in [9.17, 15) is 13.6 Å². The van der Waals surface area contributed by atoms with Crippen LogP contribution in [0.15, 0.2) is 0 Å². The van der Waals surface area contributed by atoms with Crippen molar-refractivity contribution in [3.05, 3.63) is 0 Å². The number of carbonyl (C=O) groups is 1. The maximum Gasteiger partial charge on any atom is 0.265 e. The Kier molecular flexibility index (Phi) is 8.70. The molecule has 0 saturated carbocycles. The molecule has 0 aromatic carbocycles. The van der Waals surface area contributed by atoms with Gasteiger partial charge in [-0.3, -0.25) is 4.79 Å². The van der Waals surface area contributed by atoms with Gasteiger partial charge in [0.1, 0.15) is 6.10 Å². The minimum Gasteiger partial charge on any atom is -0.385 e. The predicted octanol–water partition coefficient (Wildman–Crippen LogP) is 1.26. The van der Waals surface area contributed by atoms with E-state index in [1.54, 1.807) is 0 Å². The number of amides is 1. The van der Waals surface area contributed by atoms with Gasteiger partial charge in [-0.25, -0.2) is 8.78 Å². The predicted molar refractivity (Wildman–Crippen MR) is 57.3 cm³/mol. The average molecular weight is 241 g/mol. The summed E-state index contributed by atoms with van der Waals surface area (Å²) in [4.78, 5) is 11.0. The van der Waals surface area contributed by atoms with Crippen LogP contribution in [0.4, 0.5) is 8.78 Å². The van der Waals surface area contributed by atoms with Gasteiger partial charge in [-0.2, -0.15) is 11.8 Å². The zero-order valence-electron chi connectivity index (χ0n) is 8.71. The fourth-order valence-corrected chi connectivity index (χ4v) is 1.69. The van der Waals surface area contributed by atoms with Gasteiger partial charge in [0.25, 0.3) is 6.43 Å². The summed E-state index contributed by atoms with van der Waals surface area (Å²) < 4.78 is 23.6. The first-order chi connectivity index (χ1) is 7.07. The first kappa shape index (κ1) is 14.6. The van der Waals surface area contributed by atoms with Crippen molar-refractivity contribution in [3.8, 4) is 0 Å². The number of halogens is 2. The molecule has 1 amide bonds. The molecule has 90 valence electrons. The van der Waals surface area contributed by atoms with Crippen LogP contribution in [0.5, 0.6) is 0 Å². The summed E-state index contributed by atoms with van der Waals surface area (Å²) in [5, 5.41) is 11.0. The van der Waals surface area contributed by atoms with Crippen LogP contribution in [0.2, 0.25) is 0 Å². The number of nitrogens with one attached hydrogen (secondary N) is 1. The first-order valence-electron chi connectivity index (χ1n) is 4.88. The van der Waals surface area contributed by atoms with Gasteiger partial charge >= 0.3 is 0 Å². The molecule has 0 aliphatic heterocycles. The summed E-state index contributed by atoms with van der Waals surface area (Å²) in [5.74, 6) is 0.841. The van der Waals surface area contributed by atoms with Crippen LogP contribution in [0.1, 0.15) is 19.8 Å². The molecule has 0 bridgehead atoms. The molecule has 1 atom stereocenters. The zero-order chi connectivity index (χ0) is 11.7. The quantitative estimate of drug-likeness (QED) is 0.629. The van der Waals surface area contributed by atoms with Gasteiger partial charge in [0.05, 0.1) is 5.75 Å². The van der Waals surface area contributed by atoms with E-state index in [2.05, 4.69) is 12.2 Å². The maximum absolute atomic E-state index is 11.8. The third-order valence-electron chi connectivity index (χ3n) is 1.67. The van der Waals surface area contributed by atoms with E-state index < -0.39 is 12.5 Å². The molecule has 0 aromatic rings. The van der Waals surface area contributed by atoms with Crippen LogP contribution >= 0.6 is 11.8 Å². The van der Waals surface area contributed by atoms with E-state index in [4.69, 9.17) is 5.11 Å². The van der Waals surface area contributed by atoms with Crippen molar-refractivity contribution < 1.29 is 18.7 Å². The van der Waals surface area contributed by atoms with E-state index in [1.165, 1.54) is 11.8 Å². The normalized spacial score (nSPS) is 12.9. The maximum atomic E-state index is 11.8. The number of unbranched alkanes of at least 4 members (excludes halogenated alkanes) is 1. The standard InChI is InChI=1S/C9H17F2NO2S/c1-2-3-4-15-6-8(14)12-5-7(13)9(10)11/h7,9,13H,2-6H2,1H3,(H,12,14). The van der Waals surface area contributed by atoms with Crippen molar-refractivity contribution in [3.63, 3.8) is 0 Å². The Balaban J connectivity index is 3.41. The SMILES string of the molecule is CCCCSCC(=O)NCC(O)C(F)F. The second-order valence-corrected chi connectivity index (χ2v) is 4.22. The Morgan fingerprint density at radius 2 is 2.20 bits per heavy atom. The van der Waals surface area contributed by atoms with Gasteiger partial charge < -0.3 is 10.4 Å². The minimum absolute atomic E-state index is 0.260. The molecule has 0 rings (SSSR count). The third-order valence-corrected chi connectivity index (χ3v) is 2.72. The number of rotatable bonds is 8. The van der Waals surface area contributed by atoms with Crippen LogP contribution in [-0.2, 0) is 4.79 Å². The molecule has 0 fully saturated rings. The molecular formula is C9H17F2NO2S. The number of carbonyl (C=O) groups excluding carboxylic acids is 1. The molecule has 1 unspecified atom stereocenters. The average Bonchev–Trinajstić information content (AvgIpc) is 2.20. The summed E-state index contributed by atoms with van der Waals surface area (Å²) in [5.41, 5.74) is 0. The lowest BCUT2D eigenvalue weighted by Gasteiger charge is -2.10. The molecule has 0 aliphatic rings. The highest BCUT2D eigenvalue weighted by Crippen LogP contribution is 2.04. The smallest absolute Gasteiger partial charge is 0.265 e. The molecule has 15 heavy (non-hydrogen) atoms. The van der Waals surface area contributed by atoms with E-state index >= 15 is 0 Å². The van der Waals surface area contributed by atoms with Gasteiger partial charge in [-0.05, 0) is 12.2 Å². The van der Waals surface area contributed by atoms with Gasteiger partial charge in [-0.15, -0.1) is 0 Å². The molecular weight excluding hydrogens is 224 g/mol. The topological polar surface area (TPSA) is 49.3 Å². The Hall–Kier alpha value is -0.360. The highest BCUT2D eigenvalue weighted by molar-refractivity contribution is 7.99. The van der Waals surface area contributed by atoms with Crippen LogP contribution in [0, 0.1) is 0 Å². The second-order valence-electron chi connectivity index (χ2n) is 3.11. The molecule has 2 N–H and O–H groups in total. The summed E-state index contributed by atoms with van der Waals surface area (Å²) >= 11 is 1.46. The number of thioether (sulfide) groups is 1. The molecule has 3 nitrogen and oxygen atoms in total. The number of aliphatic hydroxyl groups excluding tert-OH is 1. The van der Waals surface area contributed by atoms with Crippen LogP contribution in [0.3, 0.4) is 0 Å². The summed E-state index contributed by atoms with van der Waals surface area (Å²) in [7, 11) is 0. The van der Waals surface area contributed by atoms with Crippen molar-refractivity contribution in [1.82, 2.24) is 5.32 Å². The Labute approximate surface area is 92.6 Å². The van der Waals surface area contributed by atoms with E-state index in [-0.39, 0.29) is 18.2 Å². The van der Waals surface area contributed by atoms with Crippen molar-refractivity contribution >= 4 is 17.7 Å². The molecule has 0 aromatic heterocycles. The largest absolute Gasteiger partial charge is 0.385 e. The minimum atomic E-state index is -2.81. The van der Waals surface area contributed by atoms with Crippen LogP contribution in [0.25, 0.3) is 0 Å². The third kappa shape index (κ3) is 8.62. The molecule has 0 spiro atoms. The van der Waals surface area contributed by atoms with Gasteiger partial charge in [0.15, 0.2) is 0 Å². The van der Waals surface area contributed by atoms with E-state index in [0.29, 0.717) is 0 Å². The van der Waals surface area contributed by atoms with Gasteiger partial charge in [0.2, 0.25) is 5.91 Å². The van der Waals surface area contributed by atoms with Crippen LogP contribution in [-0.4, -0.2) is 41.6 Å². The number of hydrogen-bond donors (Lipinski definition) is 2. The van der Waals surface area contributed by atoms with Crippen molar-refractivity contribution in [2.45, 2.75) is 32.3 Å². The van der Waals surface area contributed by atoms with Gasteiger partial charge in [0, 0.05) is 6.54 Å². The fraction of sp³-hybridized carbons (Fsp3) is 0.889. The lowest BCUT2D eigenvalue weighted by Crippen LogP contribution is -2.36. The monoisotopic (exact) mass is 241 g/mol. The summed E-state index contributed by atoms with van der Waals surface area (Å²) in [6.07, 6.45) is -2.47. The van der Waals surface area contributed by atoms with Crippen LogP contribution < -0.4 is 5.32 Å². The fourth-order valence-electron chi connectivity index (χ4n) is 0.770. The molecule has 0 heterocycles. The van der Waals surface area contributed by atoms with E-state index in [0.717, 1.165) is 18.6 Å². The molecule has 0 saturated heterocycles. The van der Waals surface area contributed by atoms with Gasteiger partial charge in [-0.1, -0.05) is 13.3 Å². The first-order valence-corrected chi connectivity index (χ1v) is 6.04. The lowest BCUT2D eigenvalue weighted by molar-refractivity contribution is -0.119. The summed E-state index contributed by atoms with van der Waals surface area (Å²) in [6, 6.07) is 0. The van der Waals surface area contributed by atoms with Crippen molar-refractivity contribution in [2.24, 2.45) is 0 Å². The highest BCUT2D eigenvalue weighted by atomic mass is 32.2. The van der Waals surface area contributed by atoms with Crippen molar-refractivity contribution in [1.29, 1.82) is 0 Å². The Bertz CT molecular complexity index is 181. The second kappa shape index (κ2) is 8.91. The lowest BCUT2D eigenvalue weighted by atomic mass is 10.4. The zero-order valence-corrected chi connectivity index (χ0v) is 9.53. The Morgan fingerprint density at radius 3 is 2.73 bits per heavy atom. The molecule has 0 aliphatic carbocycles. The molecule has 6 heteroatoms. The Morgan fingerprint density at radius 1 is 1.53 bits per heavy atom. The number of hydrogen-bond acceptors (Lipinski definition) is 3. The van der Waals surface area contributed by atoms with E-state index in [1.807, 2.05) is 0 Å². The van der Waals surface area contributed by atoms with Crippen molar-refractivity contribution in [2.75, 3.05) is 18.1 Å². The number of aliphatic hydroxyl groups is 1. The highest BCUT2D eigenvalue weighted by Gasteiger charge is 2.17. The summed E-state index contributed by atoms with van der Waals surface area (Å²) in [6.45, 7) is 1.67. The number of alkyl halides is 2. The molecule has 0 radical (unpaired) electrons.